The molecule has 1 aliphatic heterocycles. The van der Waals surface area contributed by atoms with Crippen molar-refractivity contribution in [3.05, 3.63) is 0 Å². The Hall–Kier alpha value is -0.770. The van der Waals surface area contributed by atoms with Gasteiger partial charge >= 0.3 is 6.09 Å². The minimum absolute atomic E-state index is 0.156. The van der Waals surface area contributed by atoms with Crippen molar-refractivity contribution in [3.8, 4) is 0 Å². The second-order valence-corrected chi connectivity index (χ2v) is 8.46. The summed E-state index contributed by atoms with van der Waals surface area (Å²) in [5.74, 6) is 0.781. The summed E-state index contributed by atoms with van der Waals surface area (Å²) in [5.41, 5.74) is -0.420. The highest BCUT2D eigenvalue weighted by molar-refractivity contribution is 5.68. The standard InChI is InChI=1S/C19H38N2O2/c1-15(2)10-9-11-16(3)20-14-17-12-7-8-13-21(17)18(22)23-19(4,5)6/h15-17,20H,7-14H2,1-6H3. The van der Waals surface area contributed by atoms with Crippen molar-refractivity contribution in [1.29, 1.82) is 0 Å². The van der Waals surface area contributed by atoms with Crippen LogP contribution in [0.25, 0.3) is 0 Å². The van der Waals surface area contributed by atoms with Crippen LogP contribution >= 0.6 is 0 Å². The van der Waals surface area contributed by atoms with Gasteiger partial charge in [0, 0.05) is 25.2 Å². The zero-order valence-electron chi connectivity index (χ0n) is 16.2. The minimum atomic E-state index is -0.420. The van der Waals surface area contributed by atoms with Gasteiger partial charge in [-0.1, -0.05) is 26.7 Å². The van der Waals surface area contributed by atoms with E-state index >= 15 is 0 Å². The Kier molecular flexibility index (Phi) is 8.38. The lowest BCUT2D eigenvalue weighted by atomic mass is 10.0. The van der Waals surface area contributed by atoms with Gasteiger partial charge in [-0.15, -0.1) is 0 Å². The molecule has 1 fully saturated rings. The maximum Gasteiger partial charge on any atom is 0.410 e. The summed E-state index contributed by atoms with van der Waals surface area (Å²) in [7, 11) is 0. The number of ether oxygens (including phenoxy) is 1. The van der Waals surface area contributed by atoms with Crippen LogP contribution in [0, 0.1) is 5.92 Å². The quantitative estimate of drug-likeness (QED) is 0.744. The second-order valence-electron chi connectivity index (χ2n) is 8.46. The van der Waals surface area contributed by atoms with Crippen molar-refractivity contribution in [1.82, 2.24) is 10.2 Å². The molecule has 0 aromatic rings. The molecule has 0 spiro atoms. The summed E-state index contributed by atoms with van der Waals surface area (Å²) >= 11 is 0. The van der Waals surface area contributed by atoms with Crippen molar-refractivity contribution in [3.63, 3.8) is 0 Å². The Balaban J connectivity index is 2.41. The molecule has 1 N–H and O–H groups in total. The van der Waals surface area contributed by atoms with E-state index < -0.39 is 5.60 Å². The summed E-state index contributed by atoms with van der Waals surface area (Å²) in [5, 5.41) is 3.62. The molecular weight excluding hydrogens is 288 g/mol. The molecular formula is C19H38N2O2. The van der Waals surface area contributed by atoms with E-state index in [0.29, 0.717) is 6.04 Å². The van der Waals surface area contributed by atoms with Gasteiger partial charge in [0.25, 0.3) is 0 Å². The Morgan fingerprint density at radius 2 is 1.91 bits per heavy atom. The largest absolute Gasteiger partial charge is 0.444 e. The first kappa shape index (κ1) is 20.3. The Morgan fingerprint density at radius 3 is 2.52 bits per heavy atom. The van der Waals surface area contributed by atoms with Gasteiger partial charge in [-0.3, -0.25) is 0 Å². The molecule has 1 saturated heterocycles. The number of nitrogens with zero attached hydrogens (tertiary/aromatic N) is 1. The fraction of sp³-hybridized carbons (Fsp3) is 0.947. The number of piperidine rings is 1. The van der Waals surface area contributed by atoms with Crippen molar-refractivity contribution in [2.75, 3.05) is 13.1 Å². The van der Waals surface area contributed by atoms with Gasteiger partial charge in [-0.2, -0.15) is 0 Å². The zero-order chi connectivity index (χ0) is 17.5. The predicted octanol–water partition coefficient (Wildman–Crippen LogP) is 4.58. The Morgan fingerprint density at radius 1 is 1.22 bits per heavy atom. The molecule has 1 amide bonds. The molecule has 4 heteroatoms. The minimum Gasteiger partial charge on any atom is -0.444 e. The van der Waals surface area contributed by atoms with Crippen LogP contribution in [0.3, 0.4) is 0 Å². The number of hydrogen-bond donors (Lipinski definition) is 1. The number of carbonyl (C=O) groups excluding carboxylic acids is 1. The first-order valence-electron chi connectivity index (χ1n) is 9.42. The molecule has 4 nitrogen and oxygen atoms in total. The van der Waals surface area contributed by atoms with Crippen LogP contribution in [0.2, 0.25) is 0 Å². The van der Waals surface area contributed by atoms with Gasteiger partial charge in [0.15, 0.2) is 0 Å². The molecule has 0 aromatic carbocycles. The fourth-order valence-corrected chi connectivity index (χ4v) is 3.05. The highest BCUT2D eigenvalue weighted by Gasteiger charge is 2.30. The molecule has 0 aromatic heterocycles. The number of nitrogens with one attached hydrogen (secondary N) is 1. The van der Waals surface area contributed by atoms with Crippen molar-refractivity contribution in [2.45, 2.75) is 97.8 Å². The average molecular weight is 327 g/mol. The highest BCUT2D eigenvalue weighted by Crippen LogP contribution is 2.20. The number of rotatable bonds is 7. The van der Waals surface area contributed by atoms with E-state index in [4.69, 9.17) is 4.74 Å². The van der Waals surface area contributed by atoms with Crippen LogP contribution in [-0.4, -0.2) is 41.8 Å². The van der Waals surface area contributed by atoms with E-state index in [1.165, 1.54) is 25.7 Å². The van der Waals surface area contributed by atoms with E-state index in [1.54, 1.807) is 0 Å². The fourth-order valence-electron chi connectivity index (χ4n) is 3.05. The Labute approximate surface area is 143 Å². The smallest absolute Gasteiger partial charge is 0.410 e. The first-order chi connectivity index (χ1) is 10.7. The summed E-state index contributed by atoms with van der Waals surface area (Å²) in [4.78, 5) is 14.3. The Bertz CT molecular complexity index is 350. The molecule has 0 saturated carbocycles. The summed E-state index contributed by atoms with van der Waals surface area (Å²) < 4.78 is 5.56. The third-order valence-electron chi connectivity index (χ3n) is 4.38. The molecule has 0 bridgehead atoms. The number of amides is 1. The first-order valence-corrected chi connectivity index (χ1v) is 9.42. The summed E-state index contributed by atoms with van der Waals surface area (Å²) in [6.07, 6.45) is 6.97. The van der Waals surface area contributed by atoms with E-state index in [9.17, 15) is 4.79 Å². The lowest BCUT2D eigenvalue weighted by Gasteiger charge is -2.37. The van der Waals surface area contributed by atoms with Crippen molar-refractivity contribution in [2.24, 2.45) is 5.92 Å². The highest BCUT2D eigenvalue weighted by atomic mass is 16.6. The molecule has 136 valence electrons. The third kappa shape index (κ3) is 8.59. The van der Waals surface area contributed by atoms with Crippen LogP contribution in [-0.2, 0) is 4.74 Å². The molecule has 1 aliphatic rings. The van der Waals surface area contributed by atoms with E-state index in [0.717, 1.165) is 31.8 Å². The van der Waals surface area contributed by atoms with Crippen molar-refractivity contribution >= 4 is 6.09 Å². The van der Waals surface area contributed by atoms with Gasteiger partial charge in [-0.25, -0.2) is 4.79 Å². The average Bonchev–Trinajstić information content (AvgIpc) is 2.43. The molecule has 1 rings (SSSR count). The lowest BCUT2D eigenvalue weighted by molar-refractivity contribution is 0.00967. The molecule has 2 atom stereocenters. The second kappa shape index (κ2) is 9.51. The number of likely N-dealkylation sites (tertiary alicyclic amines) is 1. The number of carbonyl (C=O) groups is 1. The van der Waals surface area contributed by atoms with E-state index in [2.05, 4.69) is 26.1 Å². The maximum absolute atomic E-state index is 12.4. The van der Waals surface area contributed by atoms with Gasteiger partial charge in [0.1, 0.15) is 5.60 Å². The van der Waals surface area contributed by atoms with Crippen LogP contribution in [0.4, 0.5) is 4.79 Å². The summed E-state index contributed by atoms with van der Waals surface area (Å²) in [6, 6.07) is 0.780. The van der Waals surface area contributed by atoms with E-state index in [1.807, 2.05) is 25.7 Å². The van der Waals surface area contributed by atoms with Crippen molar-refractivity contribution < 1.29 is 9.53 Å². The van der Waals surface area contributed by atoms with Gasteiger partial charge in [-0.05, 0) is 59.3 Å². The topological polar surface area (TPSA) is 41.6 Å². The molecule has 0 aliphatic carbocycles. The van der Waals surface area contributed by atoms with Crippen LogP contribution in [0.15, 0.2) is 0 Å². The lowest BCUT2D eigenvalue weighted by Crippen LogP contribution is -2.51. The van der Waals surface area contributed by atoms with Gasteiger partial charge in [0.05, 0.1) is 0 Å². The van der Waals surface area contributed by atoms with E-state index in [-0.39, 0.29) is 12.1 Å². The summed E-state index contributed by atoms with van der Waals surface area (Å²) in [6.45, 7) is 14.3. The van der Waals surface area contributed by atoms with Crippen LogP contribution < -0.4 is 5.32 Å². The van der Waals surface area contributed by atoms with Gasteiger partial charge in [0.2, 0.25) is 0 Å². The third-order valence-corrected chi connectivity index (χ3v) is 4.38. The van der Waals surface area contributed by atoms with Crippen LogP contribution in [0.5, 0.6) is 0 Å². The molecule has 1 heterocycles. The van der Waals surface area contributed by atoms with Crippen LogP contribution in [0.1, 0.15) is 80.1 Å². The SMILES string of the molecule is CC(C)CCCC(C)NCC1CCCCN1C(=O)OC(C)(C)C. The zero-order valence-corrected chi connectivity index (χ0v) is 16.2. The monoisotopic (exact) mass is 326 g/mol. The van der Waals surface area contributed by atoms with Gasteiger partial charge < -0.3 is 15.0 Å². The normalized spacial score (nSPS) is 20.7. The molecule has 0 radical (unpaired) electrons. The molecule has 23 heavy (non-hydrogen) atoms. The maximum atomic E-state index is 12.4. The molecule has 2 unspecified atom stereocenters. The predicted molar refractivity (Wildman–Crippen MR) is 96.7 cm³/mol. The number of hydrogen-bond acceptors (Lipinski definition) is 3.